The van der Waals surface area contributed by atoms with Gasteiger partial charge >= 0.3 is 6.03 Å². The molecule has 1 aromatic carbocycles. The molecule has 2 aliphatic rings. The Balaban J connectivity index is 1.50. The van der Waals surface area contributed by atoms with E-state index in [0.29, 0.717) is 26.3 Å². The van der Waals surface area contributed by atoms with Crippen molar-refractivity contribution in [2.75, 3.05) is 40.0 Å². The molecule has 0 spiro atoms. The summed E-state index contributed by atoms with van der Waals surface area (Å²) < 4.78 is 11.5. The van der Waals surface area contributed by atoms with Gasteiger partial charge in [0.05, 0.1) is 6.10 Å². The van der Waals surface area contributed by atoms with Crippen molar-refractivity contribution in [3.8, 4) is 0 Å². The van der Waals surface area contributed by atoms with Gasteiger partial charge in [-0.2, -0.15) is 0 Å². The van der Waals surface area contributed by atoms with Crippen LogP contribution in [0.4, 0.5) is 4.79 Å². The lowest BCUT2D eigenvalue weighted by Gasteiger charge is -2.37. The second-order valence-electron chi connectivity index (χ2n) is 9.58. The molecule has 0 aromatic heterocycles. The molecule has 3 rings (SSSR count). The Labute approximate surface area is 194 Å². The molecular formula is C26H43N3O3. The molecule has 3 N–H and O–H groups in total. The quantitative estimate of drug-likeness (QED) is 0.492. The summed E-state index contributed by atoms with van der Waals surface area (Å²) in [5.74, 6) is 1.02. The first-order valence-electron chi connectivity index (χ1n) is 12.6. The van der Waals surface area contributed by atoms with Crippen LogP contribution in [0.2, 0.25) is 0 Å². The molecule has 1 aromatic rings. The number of urea groups is 1. The van der Waals surface area contributed by atoms with Crippen LogP contribution in [0.25, 0.3) is 0 Å². The molecule has 1 aliphatic heterocycles. The van der Waals surface area contributed by atoms with Crippen molar-refractivity contribution in [3.05, 3.63) is 35.9 Å². The highest BCUT2D eigenvalue weighted by molar-refractivity contribution is 5.74. The van der Waals surface area contributed by atoms with Crippen LogP contribution in [-0.2, 0) is 9.47 Å². The second kappa shape index (κ2) is 13.8. The van der Waals surface area contributed by atoms with Crippen LogP contribution in [0.1, 0.15) is 69.5 Å². The van der Waals surface area contributed by atoms with Crippen LogP contribution >= 0.6 is 0 Å². The largest absolute Gasteiger partial charge is 0.385 e. The first-order chi connectivity index (χ1) is 15.7. The molecule has 1 saturated heterocycles. The van der Waals surface area contributed by atoms with Crippen LogP contribution < -0.4 is 11.1 Å². The number of methoxy groups -OCH3 is 1. The highest BCUT2D eigenvalue weighted by Crippen LogP contribution is 2.33. The lowest BCUT2D eigenvalue weighted by atomic mass is 9.85. The van der Waals surface area contributed by atoms with Crippen molar-refractivity contribution in [2.24, 2.45) is 17.6 Å². The summed E-state index contributed by atoms with van der Waals surface area (Å²) in [6, 6.07) is 10.5. The van der Waals surface area contributed by atoms with Crippen molar-refractivity contribution in [1.82, 2.24) is 10.2 Å². The number of likely N-dealkylation sites (tertiary alicyclic amines) is 1. The maximum Gasteiger partial charge on any atom is 0.317 e. The molecule has 180 valence electrons. The Morgan fingerprint density at radius 3 is 2.66 bits per heavy atom. The normalized spacial score (nSPS) is 21.8. The van der Waals surface area contributed by atoms with Gasteiger partial charge in [-0.1, -0.05) is 62.4 Å². The number of carbonyl (C=O) groups is 1. The van der Waals surface area contributed by atoms with Gasteiger partial charge in [0.15, 0.2) is 0 Å². The summed E-state index contributed by atoms with van der Waals surface area (Å²) in [5.41, 5.74) is 7.54. The zero-order chi connectivity index (χ0) is 22.6. The van der Waals surface area contributed by atoms with E-state index in [1.54, 1.807) is 7.11 Å². The summed E-state index contributed by atoms with van der Waals surface area (Å²) in [4.78, 5) is 14.9. The third-order valence-electron chi connectivity index (χ3n) is 6.97. The topological polar surface area (TPSA) is 76.8 Å². The molecule has 3 atom stereocenters. The minimum Gasteiger partial charge on any atom is -0.385 e. The van der Waals surface area contributed by atoms with Crippen molar-refractivity contribution in [2.45, 2.75) is 69.9 Å². The van der Waals surface area contributed by atoms with E-state index in [2.05, 4.69) is 29.6 Å². The summed E-state index contributed by atoms with van der Waals surface area (Å²) in [6.07, 6.45) is 10.6. The standard InChI is InChI=1S/C26H43N3O3/c1-31-16-9-17-32-25(22-12-6-3-7-13-22)23-14-8-15-29(20-23)26(30)28-19-24(27)18-21-10-4-2-5-11-21/h3,6-7,12-13,21,23-25H,2,4-5,8-11,14-20,27H2,1H3,(H,28,30)/t23-,24+,25+/m1/s1. The summed E-state index contributed by atoms with van der Waals surface area (Å²) in [7, 11) is 1.72. The van der Waals surface area contributed by atoms with Crippen LogP contribution in [0.15, 0.2) is 30.3 Å². The molecule has 1 heterocycles. The number of hydrogen-bond acceptors (Lipinski definition) is 4. The van der Waals surface area contributed by atoms with Crippen LogP contribution in [0, 0.1) is 11.8 Å². The van der Waals surface area contributed by atoms with Gasteiger partial charge in [0.25, 0.3) is 0 Å². The lowest BCUT2D eigenvalue weighted by Crippen LogP contribution is -2.49. The Hall–Kier alpha value is -1.63. The fourth-order valence-electron chi connectivity index (χ4n) is 5.27. The third-order valence-corrected chi connectivity index (χ3v) is 6.97. The van der Waals surface area contributed by atoms with E-state index in [1.165, 1.54) is 37.7 Å². The molecule has 2 amide bonds. The number of piperidine rings is 1. The number of nitrogens with zero attached hydrogens (tertiary/aromatic N) is 1. The van der Waals surface area contributed by atoms with Gasteiger partial charge in [0.1, 0.15) is 0 Å². The van der Waals surface area contributed by atoms with E-state index in [4.69, 9.17) is 15.2 Å². The van der Waals surface area contributed by atoms with Crippen LogP contribution in [0.5, 0.6) is 0 Å². The predicted octanol–water partition coefficient (Wildman–Crippen LogP) is 4.50. The SMILES string of the molecule is COCCCO[C@@H](c1ccccc1)[C@@H]1CCCN(C(=O)NC[C@@H](N)CC2CCCCC2)C1. The number of ether oxygens (including phenoxy) is 2. The fourth-order valence-corrected chi connectivity index (χ4v) is 5.27. The van der Waals surface area contributed by atoms with E-state index in [-0.39, 0.29) is 24.1 Å². The first-order valence-corrected chi connectivity index (χ1v) is 12.6. The molecule has 6 heteroatoms. The van der Waals surface area contributed by atoms with Gasteiger partial charge in [-0.3, -0.25) is 0 Å². The summed E-state index contributed by atoms with van der Waals surface area (Å²) in [6.45, 7) is 3.43. The van der Waals surface area contributed by atoms with Gasteiger partial charge < -0.3 is 25.4 Å². The molecule has 32 heavy (non-hydrogen) atoms. The molecular weight excluding hydrogens is 402 g/mol. The first kappa shape index (κ1) is 25.0. The predicted molar refractivity (Wildman–Crippen MR) is 128 cm³/mol. The minimum absolute atomic E-state index is 0.00258. The van der Waals surface area contributed by atoms with E-state index in [9.17, 15) is 4.79 Å². The fraction of sp³-hybridized carbons (Fsp3) is 0.731. The van der Waals surface area contributed by atoms with E-state index in [1.807, 2.05) is 11.0 Å². The Morgan fingerprint density at radius 2 is 1.91 bits per heavy atom. The van der Waals surface area contributed by atoms with Crippen LogP contribution in [0.3, 0.4) is 0 Å². The third kappa shape index (κ3) is 8.05. The maximum atomic E-state index is 12.9. The Kier molecular flexibility index (Phi) is 10.8. The number of rotatable bonds is 11. The van der Waals surface area contributed by atoms with Gasteiger partial charge in [-0.15, -0.1) is 0 Å². The monoisotopic (exact) mass is 445 g/mol. The number of nitrogens with one attached hydrogen (secondary N) is 1. The zero-order valence-corrected chi connectivity index (χ0v) is 19.8. The number of carbonyl (C=O) groups excluding carboxylic acids is 1. The van der Waals surface area contributed by atoms with Crippen molar-refractivity contribution in [1.29, 1.82) is 0 Å². The summed E-state index contributed by atoms with van der Waals surface area (Å²) >= 11 is 0. The van der Waals surface area contributed by atoms with E-state index < -0.39 is 0 Å². The van der Waals surface area contributed by atoms with Crippen LogP contribution in [-0.4, -0.2) is 56.9 Å². The Morgan fingerprint density at radius 1 is 1.12 bits per heavy atom. The molecule has 0 radical (unpaired) electrons. The highest BCUT2D eigenvalue weighted by atomic mass is 16.5. The number of nitrogens with two attached hydrogens (primary N) is 1. The summed E-state index contributed by atoms with van der Waals surface area (Å²) in [5, 5.41) is 3.11. The van der Waals surface area contributed by atoms with E-state index in [0.717, 1.165) is 38.1 Å². The molecule has 0 unspecified atom stereocenters. The minimum atomic E-state index is -0.00258. The van der Waals surface area contributed by atoms with Gasteiger partial charge in [-0.25, -0.2) is 4.79 Å². The van der Waals surface area contributed by atoms with Gasteiger partial charge in [-0.05, 0) is 37.2 Å². The molecule has 1 aliphatic carbocycles. The van der Waals surface area contributed by atoms with Crippen molar-refractivity contribution >= 4 is 6.03 Å². The van der Waals surface area contributed by atoms with Gasteiger partial charge in [0.2, 0.25) is 0 Å². The molecule has 1 saturated carbocycles. The zero-order valence-electron chi connectivity index (χ0n) is 19.8. The van der Waals surface area contributed by atoms with Crippen molar-refractivity contribution in [3.63, 3.8) is 0 Å². The van der Waals surface area contributed by atoms with Crippen molar-refractivity contribution < 1.29 is 14.3 Å². The lowest BCUT2D eigenvalue weighted by molar-refractivity contribution is -0.0166. The molecule has 6 nitrogen and oxygen atoms in total. The van der Waals surface area contributed by atoms with E-state index >= 15 is 0 Å². The van der Waals surface area contributed by atoms with Gasteiger partial charge in [0, 0.05) is 51.9 Å². The molecule has 0 bridgehead atoms. The highest BCUT2D eigenvalue weighted by Gasteiger charge is 2.31. The smallest absolute Gasteiger partial charge is 0.317 e. The average molecular weight is 446 g/mol. The maximum absolute atomic E-state index is 12.9. The number of hydrogen-bond donors (Lipinski definition) is 2. The second-order valence-corrected chi connectivity index (χ2v) is 9.58. The number of amides is 2. The Bertz CT molecular complexity index is 651. The molecule has 2 fully saturated rings. The number of benzene rings is 1. The average Bonchev–Trinajstić information content (AvgIpc) is 2.84.